The molecule has 0 aromatic heterocycles. The quantitative estimate of drug-likeness (QED) is 0.665. The Balaban J connectivity index is 0. The van der Waals surface area contributed by atoms with Crippen molar-refractivity contribution < 1.29 is 5.11 Å². The number of aliphatic hydroxyl groups excluding tert-OH is 1. The van der Waals surface area contributed by atoms with Gasteiger partial charge in [0.05, 0.1) is 0 Å². The van der Waals surface area contributed by atoms with E-state index in [1.165, 1.54) is 5.57 Å². The van der Waals surface area contributed by atoms with Crippen molar-refractivity contribution in [2.75, 3.05) is 6.61 Å². The summed E-state index contributed by atoms with van der Waals surface area (Å²) in [5, 5.41) is 8.62. The molecule has 0 radical (unpaired) electrons. The smallest absolute Gasteiger partial charge is 0.0471 e. The van der Waals surface area contributed by atoms with Crippen molar-refractivity contribution in [3.8, 4) is 0 Å². The van der Waals surface area contributed by atoms with Crippen LogP contribution in [0, 0.1) is 0 Å². The summed E-state index contributed by atoms with van der Waals surface area (Å²) in [5.41, 5.74) is 1.23. The Morgan fingerprint density at radius 1 is 1.29 bits per heavy atom. The molecule has 1 rings (SSSR count). The summed E-state index contributed by atoms with van der Waals surface area (Å²) in [6.45, 7) is 10.2. The summed E-state index contributed by atoms with van der Waals surface area (Å²) in [7, 11) is 0. The van der Waals surface area contributed by atoms with Crippen LogP contribution in [0.25, 0.3) is 0 Å². The third kappa shape index (κ3) is 9.01. The maximum atomic E-state index is 8.62. The van der Waals surface area contributed by atoms with E-state index in [1.807, 2.05) is 32.1 Å². The zero-order chi connectivity index (χ0) is 11.2. The van der Waals surface area contributed by atoms with Gasteiger partial charge in [-0.05, 0) is 18.4 Å². The van der Waals surface area contributed by atoms with Crippen LogP contribution in [0.4, 0.5) is 0 Å². The minimum absolute atomic E-state index is 0.246. The normalized spacial score (nSPS) is 12.6. The Labute approximate surface area is 88.2 Å². The van der Waals surface area contributed by atoms with Gasteiger partial charge in [0.2, 0.25) is 0 Å². The highest BCUT2D eigenvalue weighted by Gasteiger charge is 1.90. The van der Waals surface area contributed by atoms with Crippen LogP contribution < -0.4 is 0 Å². The standard InChI is InChI=1S/C9H12O.C2H6.C2H4/c10-8-7-9-5-3-1-2-4-6-9;2*1-2/h1-3,5-6,10H,4,7-8H2;1-2H3;1-2H2. The minimum Gasteiger partial charge on any atom is -0.396 e. The van der Waals surface area contributed by atoms with Crippen molar-refractivity contribution in [2.45, 2.75) is 26.7 Å². The average Bonchev–Trinajstić information content (AvgIpc) is 2.53. The third-order valence-electron chi connectivity index (χ3n) is 1.47. The lowest BCUT2D eigenvalue weighted by Gasteiger charge is -1.94. The molecule has 0 bridgehead atoms. The summed E-state index contributed by atoms with van der Waals surface area (Å²) >= 11 is 0. The molecule has 0 aromatic rings. The summed E-state index contributed by atoms with van der Waals surface area (Å²) in [4.78, 5) is 0. The lowest BCUT2D eigenvalue weighted by molar-refractivity contribution is 0.300. The van der Waals surface area contributed by atoms with Gasteiger partial charge in [-0.1, -0.05) is 44.2 Å². The highest BCUT2D eigenvalue weighted by molar-refractivity contribution is 5.26. The van der Waals surface area contributed by atoms with Crippen LogP contribution in [0.15, 0.2) is 49.1 Å². The molecule has 0 fully saturated rings. The molecule has 0 atom stereocenters. The number of hydrogen-bond donors (Lipinski definition) is 1. The van der Waals surface area contributed by atoms with Crippen molar-refractivity contribution in [1.29, 1.82) is 0 Å². The summed E-state index contributed by atoms with van der Waals surface area (Å²) < 4.78 is 0. The topological polar surface area (TPSA) is 20.2 Å². The van der Waals surface area contributed by atoms with Gasteiger partial charge >= 0.3 is 0 Å². The Morgan fingerprint density at radius 2 is 1.93 bits per heavy atom. The molecule has 1 nitrogen and oxygen atoms in total. The second-order valence-electron chi connectivity index (χ2n) is 2.28. The van der Waals surface area contributed by atoms with Gasteiger partial charge in [0.1, 0.15) is 0 Å². The van der Waals surface area contributed by atoms with Crippen molar-refractivity contribution >= 4 is 0 Å². The third-order valence-corrected chi connectivity index (χ3v) is 1.47. The van der Waals surface area contributed by atoms with E-state index in [0.717, 1.165) is 12.8 Å². The van der Waals surface area contributed by atoms with Gasteiger partial charge in [-0.3, -0.25) is 0 Å². The Hall–Kier alpha value is -1.08. The molecule has 0 aromatic carbocycles. The SMILES string of the molecule is C=C.CC.OCCC1=CCC=CC=C1. The zero-order valence-electron chi connectivity index (χ0n) is 9.37. The lowest BCUT2D eigenvalue weighted by atomic mass is 10.1. The first-order valence-electron chi connectivity index (χ1n) is 5.06. The van der Waals surface area contributed by atoms with Crippen LogP contribution in [0.1, 0.15) is 26.7 Å². The number of allylic oxidation sites excluding steroid dienone is 5. The maximum absolute atomic E-state index is 8.62. The van der Waals surface area contributed by atoms with E-state index in [9.17, 15) is 0 Å². The highest BCUT2D eigenvalue weighted by atomic mass is 16.2. The second kappa shape index (κ2) is 14.4. The van der Waals surface area contributed by atoms with Crippen LogP contribution in [0.3, 0.4) is 0 Å². The molecule has 1 N–H and O–H groups in total. The summed E-state index contributed by atoms with van der Waals surface area (Å²) in [6, 6.07) is 0. The Kier molecular flexibility index (Phi) is 15.9. The Morgan fingerprint density at radius 3 is 2.50 bits per heavy atom. The molecule has 0 spiro atoms. The predicted molar refractivity (Wildman–Crippen MR) is 65.3 cm³/mol. The van der Waals surface area contributed by atoms with E-state index in [1.54, 1.807) is 0 Å². The minimum atomic E-state index is 0.246. The Bertz CT molecular complexity index is 187. The van der Waals surface area contributed by atoms with Gasteiger partial charge in [-0.2, -0.15) is 0 Å². The molecule has 14 heavy (non-hydrogen) atoms. The van der Waals surface area contributed by atoms with Crippen molar-refractivity contribution in [3.63, 3.8) is 0 Å². The second-order valence-corrected chi connectivity index (χ2v) is 2.28. The van der Waals surface area contributed by atoms with Crippen molar-refractivity contribution in [2.24, 2.45) is 0 Å². The number of rotatable bonds is 2. The zero-order valence-corrected chi connectivity index (χ0v) is 9.37. The lowest BCUT2D eigenvalue weighted by Crippen LogP contribution is -1.84. The average molecular weight is 194 g/mol. The van der Waals surface area contributed by atoms with Gasteiger partial charge in [-0.15, -0.1) is 13.2 Å². The summed E-state index contributed by atoms with van der Waals surface area (Å²) in [5.74, 6) is 0. The number of aliphatic hydroxyl groups is 1. The largest absolute Gasteiger partial charge is 0.396 e. The fourth-order valence-electron chi connectivity index (χ4n) is 0.938. The molecule has 0 aliphatic heterocycles. The molecule has 1 aliphatic carbocycles. The van der Waals surface area contributed by atoms with Gasteiger partial charge in [-0.25, -0.2) is 0 Å². The maximum Gasteiger partial charge on any atom is 0.0471 e. The fraction of sp³-hybridized carbons (Fsp3) is 0.385. The van der Waals surface area contributed by atoms with Gasteiger partial charge in [0, 0.05) is 6.61 Å². The molecule has 1 heteroatoms. The molecule has 1 aliphatic rings. The first kappa shape index (κ1) is 15.4. The molecule has 0 amide bonds. The predicted octanol–water partition coefficient (Wildman–Crippen LogP) is 3.64. The molecule has 0 saturated carbocycles. The van der Waals surface area contributed by atoms with E-state index in [4.69, 9.17) is 5.11 Å². The van der Waals surface area contributed by atoms with E-state index in [-0.39, 0.29) is 6.61 Å². The van der Waals surface area contributed by atoms with Crippen LogP contribution in [-0.4, -0.2) is 11.7 Å². The van der Waals surface area contributed by atoms with Gasteiger partial charge in [0.25, 0.3) is 0 Å². The van der Waals surface area contributed by atoms with E-state index >= 15 is 0 Å². The molecule has 80 valence electrons. The number of hydrogen-bond acceptors (Lipinski definition) is 1. The van der Waals surface area contributed by atoms with Crippen LogP contribution in [0.2, 0.25) is 0 Å². The fourth-order valence-corrected chi connectivity index (χ4v) is 0.938. The van der Waals surface area contributed by atoms with Crippen molar-refractivity contribution in [1.82, 2.24) is 0 Å². The van der Waals surface area contributed by atoms with Gasteiger partial charge < -0.3 is 5.11 Å². The monoisotopic (exact) mass is 194 g/mol. The summed E-state index contributed by atoms with van der Waals surface area (Å²) in [6.07, 6.45) is 12.1. The van der Waals surface area contributed by atoms with E-state index in [2.05, 4.69) is 25.3 Å². The molecule has 0 saturated heterocycles. The van der Waals surface area contributed by atoms with Crippen LogP contribution in [0.5, 0.6) is 0 Å². The molecular weight excluding hydrogens is 172 g/mol. The van der Waals surface area contributed by atoms with E-state index < -0.39 is 0 Å². The first-order chi connectivity index (χ1) is 6.93. The molecule has 0 heterocycles. The van der Waals surface area contributed by atoms with Crippen molar-refractivity contribution in [3.05, 3.63) is 49.1 Å². The van der Waals surface area contributed by atoms with Crippen LogP contribution in [-0.2, 0) is 0 Å². The molecular formula is C13H22O. The first-order valence-corrected chi connectivity index (χ1v) is 5.06. The van der Waals surface area contributed by atoms with E-state index in [0.29, 0.717) is 0 Å². The highest BCUT2D eigenvalue weighted by Crippen LogP contribution is 2.07. The van der Waals surface area contributed by atoms with Gasteiger partial charge in [0.15, 0.2) is 0 Å². The van der Waals surface area contributed by atoms with Crippen LogP contribution >= 0.6 is 0 Å². The molecule has 0 unspecified atom stereocenters.